The van der Waals surface area contributed by atoms with Crippen LogP contribution >= 0.6 is 0 Å². The van der Waals surface area contributed by atoms with E-state index < -0.39 is 5.97 Å². The minimum absolute atomic E-state index is 0.143. The summed E-state index contributed by atoms with van der Waals surface area (Å²) in [6, 6.07) is 4.87. The number of ether oxygens (including phenoxy) is 2. The zero-order chi connectivity index (χ0) is 13.4. The summed E-state index contributed by atoms with van der Waals surface area (Å²) in [6.45, 7) is 2.66. The van der Waals surface area contributed by atoms with Crippen LogP contribution in [0, 0.1) is 0 Å². The molecule has 0 unspecified atom stereocenters. The first-order chi connectivity index (χ1) is 8.70. The summed E-state index contributed by atoms with van der Waals surface area (Å²) in [5.74, 6) is -0.216. The number of carbonyl (C=O) groups is 1. The van der Waals surface area contributed by atoms with Gasteiger partial charge in [0.1, 0.15) is 5.56 Å². The molecule has 1 aromatic rings. The molecule has 100 valence electrons. The Balaban J connectivity index is 2.69. The summed E-state index contributed by atoms with van der Waals surface area (Å²) < 4.78 is 10.7. The van der Waals surface area contributed by atoms with E-state index in [1.165, 1.54) is 19.6 Å². The minimum atomic E-state index is -1.00. The standard InChI is InChI=1S/C14H20O4/c1-3-4-5-6-10-18-13-11(14(15)16)8-7-9-12(13)17-2/h7-9H,3-6,10H2,1-2H3,(H,15,16). The molecule has 1 aromatic carbocycles. The number of unbranched alkanes of at least 4 members (excludes halogenated alkanes) is 3. The van der Waals surface area contributed by atoms with Crippen molar-refractivity contribution < 1.29 is 19.4 Å². The molecule has 0 bridgehead atoms. The normalized spacial score (nSPS) is 10.1. The quantitative estimate of drug-likeness (QED) is 0.721. The van der Waals surface area contributed by atoms with Gasteiger partial charge in [-0.05, 0) is 18.6 Å². The maximum absolute atomic E-state index is 11.1. The number of benzene rings is 1. The third kappa shape index (κ3) is 3.95. The summed E-state index contributed by atoms with van der Waals surface area (Å²) in [7, 11) is 1.50. The van der Waals surface area contributed by atoms with Crippen LogP contribution in [0.3, 0.4) is 0 Å². The third-order valence-corrected chi connectivity index (χ3v) is 2.67. The highest BCUT2D eigenvalue weighted by atomic mass is 16.5. The topological polar surface area (TPSA) is 55.8 Å². The number of hydrogen-bond acceptors (Lipinski definition) is 3. The second-order valence-electron chi connectivity index (χ2n) is 4.05. The lowest BCUT2D eigenvalue weighted by atomic mass is 10.2. The number of carboxylic acids is 1. The van der Waals surface area contributed by atoms with E-state index in [1.807, 2.05) is 0 Å². The SMILES string of the molecule is CCCCCCOc1c(OC)cccc1C(=O)O. The fourth-order valence-corrected chi connectivity index (χ4v) is 1.70. The molecule has 1 rings (SSSR count). The largest absolute Gasteiger partial charge is 0.493 e. The average molecular weight is 252 g/mol. The van der Waals surface area contributed by atoms with E-state index in [9.17, 15) is 4.79 Å². The molecule has 4 nitrogen and oxygen atoms in total. The zero-order valence-corrected chi connectivity index (χ0v) is 10.9. The number of para-hydroxylation sites is 1. The predicted molar refractivity (Wildman–Crippen MR) is 69.6 cm³/mol. The molecule has 0 aliphatic rings. The maximum Gasteiger partial charge on any atom is 0.339 e. The molecule has 0 saturated carbocycles. The van der Waals surface area contributed by atoms with Gasteiger partial charge in [-0.3, -0.25) is 0 Å². The Morgan fingerprint density at radius 3 is 2.67 bits per heavy atom. The van der Waals surface area contributed by atoms with Gasteiger partial charge in [-0.1, -0.05) is 32.3 Å². The van der Waals surface area contributed by atoms with Gasteiger partial charge in [0.05, 0.1) is 13.7 Å². The number of aromatic carboxylic acids is 1. The third-order valence-electron chi connectivity index (χ3n) is 2.67. The fourth-order valence-electron chi connectivity index (χ4n) is 1.70. The van der Waals surface area contributed by atoms with E-state index in [-0.39, 0.29) is 5.56 Å². The number of carboxylic acid groups (broad SMARTS) is 1. The van der Waals surface area contributed by atoms with E-state index >= 15 is 0 Å². The van der Waals surface area contributed by atoms with Crippen molar-refractivity contribution in [2.75, 3.05) is 13.7 Å². The van der Waals surface area contributed by atoms with Crippen LogP contribution in [0.1, 0.15) is 43.0 Å². The highest BCUT2D eigenvalue weighted by Crippen LogP contribution is 2.31. The van der Waals surface area contributed by atoms with Crippen molar-refractivity contribution in [3.63, 3.8) is 0 Å². The second-order valence-corrected chi connectivity index (χ2v) is 4.05. The van der Waals surface area contributed by atoms with Gasteiger partial charge in [-0.2, -0.15) is 0 Å². The van der Waals surface area contributed by atoms with Gasteiger partial charge >= 0.3 is 5.97 Å². The molecule has 0 aliphatic heterocycles. The van der Waals surface area contributed by atoms with Gasteiger partial charge in [0.25, 0.3) is 0 Å². The van der Waals surface area contributed by atoms with Gasteiger partial charge in [-0.25, -0.2) is 4.79 Å². The Morgan fingerprint density at radius 2 is 2.06 bits per heavy atom. The van der Waals surface area contributed by atoms with Crippen LogP contribution in [-0.4, -0.2) is 24.8 Å². The average Bonchev–Trinajstić information content (AvgIpc) is 2.38. The first kappa shape index (κ1) is 14.4. The first-order valence-corrected chi connectivity index (χ1v) is 6.23. The number of methoxy groups -OCH3 is 1. The fraction of sp³-hybridized carbons (Fsp3) is 0.500. The molecule has 0 fully saturated rings. The van der Waals surface area contributed by atoms with E-state index in [0.717, 1.165) is 19.3 Å². The maximum atomic E-state index is 11.1. The Hall–Kier alpha value is -1.71. The zero-order valence-electron chi connectivity index (χ0n) is 10.9. The van der Waals surface area contributed by atoms with Crippen LogP contribution < -0.4 is 9.47 Å². The van der Waals surface area contributed by atoms with Crippen LogP contribution in [0.25, 0.3) is 0 Å². The molecule has 1 N–H and O–H groups in total. The van der Waals surface area contributed by atoms with Crippen molar-refractivity contribution in [1.29, 1.82) is 0 Å². The van der Waals surface area contributed by atoms with Crippen LogP contribution in [0.5, 0.6) is 11.5 Å². The molecule has 0 saturated heterocycles. The van der Waals surface area contributed by atoms with Crippen LogP contribution in [0.15, 0.2) is 18.2 Å². The van der Waals surface area contributed by atoms with Crippen LogP contribution in [-0.2, 0) is 0 Å². The smallest absolute Gasteiger partial charge is 0.339 e. The lowest BCUT2D eigenvalue weighted by Crippen LogP contribution is -2.06. The first-order valence-electron chi connectivity index (χ1n) is 6.23. The molecule has 0 spiro atoms. The van der Waals surface area contributed by atoms with E-state index in [2.05, 4.69) is 6.92 Å². The monoisotopic (exact) mass is 252 g/mol. The molecule has 4 heteroatoms. The Labute approximate surface area is 108 Å². The number of rotatable bonds is 8. The summed E-state index contributed by atoms with van der Waals surface area (Å²) >= 11 is 0. The lowest BCUT2D eigenvalue weighted by molar-refractivity contribution is 0.0691. The molecule has 18 heavy (non-hydrogen) atoms. The Bertz CT molecular complexity index is 387. The van der Waals surface area contributed by atoms with Gasteiger partial charge in [0.15, 0.2) is 11.5 Å². The summed E-state index contributed by atoms with van der Waals surface area (Å²) in [5, 5.41) is 9.09. The van der Waals surface area contributed by atoms with Gasteiger partial charge in [0.2, 0.25) is 0 Å². The highest BCUT2D eigenvalue weighted by molar-refractivity contribution is 5.92. The molecule has 0 aliphatic carbocycles. The Kier molecular flexibility index (Phi) is 6.05. The second kappa shape index (κ2) is 7.58. The highest BCUT2D eigenvalue weighted by Gasteiger charge is 2.15. The molecule has 0 aromatic heterocycles. The van der Waals surface area contributed by atoms with Gasteiger partial charge in [0, 0.05) is 0 Å². The lowest BCUT2D eigenvalue weighted by Gasteiger charge is -2.12. The molecule has 0 amide bonds. The molecule has 0 radical (unpaired) electrons. The summed E-state index contributed by atoms with van der Waals surface area (Å²) in [5.41, 5.74) is 0.143. The number of hydrogen-bond donors (Lipinski definition) is 1. The van der Waals surface area contributed by atoms with Crippen molar-refractivity contribution in [3.05, 3.63) is 23.8 Å². The van der Waals surface area contributed by atoms with Crippen molar-refractivity contribution in [1.82, 2.24) is 0 Å². The van der Waals surface area contributed by atoms with Gasteiger partial charge in [-0.15, -0.1) is 0 Å². The minimum Gasteiger partial charge on any atom is -0.493 e. The summed E-state index contributed by atoms with van der Waals surface area (Å²) in [6.07, 6.45) is 4.34. The molecule has 0 heterocycles. The van der Waals surface area contributed by atoms with Crippen molar-refractivity contribution >= 4 is 5.97 Å². The van der Waals surface area contributed by atoms with Crippen molar-refractivity contribution in [2.24, 2.45) is 0 Å². The molecule has 0 atom stereocenters. The predicted octanol–water partition coefficient (Wildman–Crippen LogP) is 3.35. The van der Waals surface area contributed by atoms with Crippen LogP contribution in [0.2, 0.25) is 0 Å². The van der Waals surface area contributed by atoms with Gasteiger partial charge < -0.3 is 14.6 Å². The van der Waals surface area contributed by atoms with E-state index in [4.69, 9.17) is 14.6 Å². The summed E-state index contributed by atoms with van der Waals surface area (Å²) in [4.78, 5) is 11.1. The van der Waals surface area contributed by atoms with Crippen molar-refractivity contribution in [3.8, 4) is 11.5 Å². The van der Waals surface area contributed by atoms with E-state index in [1.54, 1.807) is 12.1 Å². The molecular weight excluding hydrogens is 232 g/mol. The van der Waals surface area contributed by atoms with Crippen LogP contribution in [0.4, 0.5) is 0 Å². The van der Waals surface area contributed by atoms with Crippen molar-refractivity contribution in [2.45, 2.75) is 32.6 Å². The molecular formula is C14H20O4. The Morgan fingerprint density at radius 1 is 1.28 bits per heavy atom. The van der Waals surface area contributed by atoms with E-state index in [0.29, 0.717) is 18.1 Å².